The molecule has 0 spiro atoms. The molecule has 4 heteroatoms. The van der Waals surface area contributed by atoms with E-state index in [0.29, 0.717) is 0 Å². The maximum absolute atomic E-state index is 11.4. The third-order valence-electron chi connectivity index (χ3n) is 1.96. The Labute approximate surface area is 67.1 Å². The molecule has 11 heavy (non-hydrogen) atoms. The molecule has 0 saturated carbocycles. The summed E-state index contributed by atoms with van der Waals surface area (Å²) in [5.74, 6) is 0. The maximum atomic E-state index is 11.4. The molecule has 1 N–H and O–H groups in total. The van der Waals surface area contributed by atoms with Gasteiger partial charge in [-0.15, -0.1) is 0 Å². The van der Waals surface area contributed by atoms with Crippen molar-refractivity contribution in [3.63, 3.8) is 0 Å². The van der Waals surface area contributed by atoms with Gasteiger partial charge in [-0.2, -0.15) is 0 Å². The summed E-state index contributed by atoms with van der Waals surface area (Å²) in [7, 11) is 1.77. The summed E-state index contributed by atoms with van der Waals surface area (Å²) in [5, 5.41) is 1.65. The minimum Gasteiger partial charge on any atom is -0.324 e. The fraction of sp³-hybridized carbons (Fsp3) is 0.857. The van der Waals surface area contributed by atoms with Crippen LogP contribution in [0.5, 0.6) is 0 Å². The van der Waals surface area contributed by atoms with E-state index in [-0.39, 0.29) is 6.03 Å². The highest BCUT2D eigenvalue weighted by Gasteiger charge is 2.22. The van der Waals surface area contributed by atoms with Crippen LogP contribution < -0.4 is 5.43 Å². The van der Waals surface area contributed by atoms with Crippen molar-refractivity contribution in [3.8, 4) is 0 Å². The third kappa shape index (κ3) is 1.63. The SMILES string of the molecule is CCN1CCCN(NC)C1=O. The molecule has 0 atom stereocenters. The van der Waals surface area contributed by atoms with Gasteiger partial charge in [-0.1, -0.05) is 0 Å². The number of hydrogen-bond donors (Lipinski definition) is 1. The maximum Gasteiger partial charge on any atom is 0.334 e. The molecule has 0 aromatic heterocycles. The summed E-state index contributed by atoms with van der Waals surface area (Å²) >= 11 is 0. The summed E-state index contributed by atoms with van der Waals surface area (Å²) in [6.07, 6.45) is 1.06. The van der Waals surface area contributed by atoms with Crippen LogP contribution in [0.1, 0.15) is 13.3 Å². The molecule has 1 aliphatic rings. The second kappa shape index (κ2) is 3.57. The number of urea groups is 1. The number of rotatable bonds is 2. The van der Waals surface area contributed by atoms with E-state index in [2.05, 4.69) is 5.43 Å². The van der Waals surface area contributed by atoms with Gasteiger partial charge >= 0.3 is 6.03 Å². The summed E-state index contributed by atoms with van der Waals surface area (Å²) < 4.78 is 0. The summed E-state index contributed by atoms with van der Waals surface area (Å²) in [5.41, 5.74) is 2.86. The van der Waals surface area contributed by atoms with E-state index in [1.54, 1.807) is 12.1 Å². The van der Waals surface area contributed by atoms with E-state index in [1.807, 2.05) is 11.8 Å². The molecule has 1 rings (SSSR count). The van der Waals surface area contributed by atoms with E-state index in [0.717, 1.165) is 26.1 Å². The Balaban J connectivity index is 2.52. The van der Waals surface area contributed by atoms with E-state index >= 15 is 0 Å². The van der Waals surface area contributed by atoms with Crippen LogP contribution in [0.2, 0.25) is 0 Å². The molecule has 0 unspecified atom stereocenters. The molecule has 1 saturated heterocycles. The fourth-order valence-corrected chi connectivity index (χ4v) is 1.28. The molecule has 64 valence electrons. The Kier molecular flexibility index (Phi) is 2.70. The van der Waals surface area contributed by atoms with Gasteiger partial charge in [-0.25, -0.2) is 10.2 Å². The van der Waals surface area contributed by atoms with Crippen LogP contribution in [-0.2, 0) is 0 Å². The minimum absolute atomic E-state index is 0.0984. The molecule has 4 nitrogen and oxygen atoms in total. The Bertz CT molecular complexity index is 135. The number of hydrazine groups is 1. The van der Waals surface area contributed by atoms with Crippen LogP contribution in [0.4, 0.5) is 4.79 Å². The number of hydrogen-bond acceptors (Lipinski definition) is 2. The molecule has 0 aromatic carbocycles. The Morgan fingerprint density at radius 2 is 2.27 bits per heavy atom. The molecule has 1 aliphatic heterocycles. The van der Waals surface area contributed by atoms with Crippen molar-refractivity contribution in [2.45, 2.75) is 13.3 Å². The van der Waals surface area contributed by atoms with Gasteiger partial charge < -0.3 is 4.90 Å². The minimum atomic E-state index is 0.0984. The zero-order valence-electron chi connectivity index (χ0n) is 7.13. The lowest BCUT2D eigenvalue weighted by Crippen LogP contribution is -2.53. The Hall–Kier alpha value is -0.770. The quantitative estimate of drug-likeness (QED) is 0.624. The van der Waals surface area contributed by atoms with Gasteiger partial charge in [0.25, 0.3) is 0 Å². The van der Waals surface area contributed by atoms with E-state index in [1.165, 1.54) is 0 Å². The first-order valence-corrected chi connectivity index (χ1v) is 4.03. The second-order valence-electron chi connectivity index (χ2n) is 2.59. The van der Waals surface area contributed by atoms with Gasteiger partial charge in [0.1, 0.15) is 0 Å². The monoisotopic (exact) mass is 157 g/mol. The first kappa shape index (κ1) is 8.33. The first-order valence-electron chi connectivity index (χ1n) is 4.03. The van der Waals surface area contributed by atoms with Crippen molar-refractivity contribution >= 4 is 6.03 Å². The predicted octanol–water partition coefficient (Wildman–Crippen LogP) is 0.268. The predicted molar refractivity (Wildman–Crippen MR) is 43.0 cm³/mol. The molecular weight excluding hydrogens is 142 g/mol. The van der Waals surface area contributed by atoms with Crippen molar-refractivity contribution < 1.29 is 4.79 Å². The van der Waals surface area contributed by atoms with Crippen LogP contribution >= 0.6 is 0 Å². The first-order chi connectivity index (χ1) is 5.29. The highest BCUT2D eigenvalue weighted by molar-refractivity contribution is 5.74. The average molecular weight is 157 g/mol. The van der Waals surface area contributed by atoms with Crippen molar-refractivity contribution in [2.75, 3.05) is 26.7 Å². The fourth-order valence-electron chi connectivity index (χ4n) is 1.28. The molecule has 1 fully saturated rings. The second-order valence-corrected chi connectivity index (χ2v) is 2.59. The Morgan fingerprint density at radius 1 is 1.55 bits per heavy atom. The van der Waals surface area contributed by atoms with Gasteiger partial charge in [-0.3, -0.25) is 5.01 Å². The number of nitrogens with one attached hydrogen (secondary N) is 1. The molecule has 2 amide bonds. The molecule has 1 heterocycles. The highest BCUT2D eigenvalue weighted by atomic mass is 16.2. The van der Waals surface area contributed by atoms with Crippen LogP contribution in [-0.4, -0.2) is 42.6 Å². The number of carbonyl (C=O) groups is 1. The van der Waals surface area contributed by atoms with Crippen LogP contribution in [0, 0.1) is 0 Å². The summed E-state index contributed by atoms with van der Waals surface area (Å²) in [4.78, 5) is 13.2. The van der Waals surface area contributed by atoms with Gasteiger partial charge in [0.2, 0.25) is 0 Å². The smallest absolute Gasteiger partial charge is 0.324 e. The largest absolute Gasteiger partial charge is 0.334 e. The highest BCUT2D eigenvalue weighted by Crippen LogP contribution is 2.04. The lowest BCUT2D eigenvalue weighted by molar-refractivity contribution is 0.112. The van der Waals surface area contributed by atoms with E-state index < -0.39 is 0 Å². The number of carbonyl (C=O) groups excluding carboxylic acids is 1. The topological polar surface area (TPSA) is 35.6 Å². The van der Waals surface area contributed by atoms with Crippen LogP contribution in [0.15, 0.2) is 0 Å². The van der Waals surface area contributed by atoms with Crippen molar-refractivity contribution in [3.05, 3.63) is 0 Å². The number of amides is 2. The van der Waals surface area contributed by atoms with Gasteiger partial charge in [-0.05, 0) is 13.3 Å². The molecule has 0 aliphatic carbocycles. The van der Waals surface area contributed by atoms with Crippen LogP contribution in [0.25, 0.3) is 0 Å². The lowest BCUT2D eigenvalue weighted by atomic mass is 10.3. The van der Waals surface area contributed by atoms with E-state index in [4.69, 9.17) is 0 Å². The lowest BCUT2D eigenvalue weighted by Gasteiger charge is -2.34. The van der Waals surface area contributed by atoms with Gasteiger partial charge in [0.05, 0.1) is 0 Å². The van der Waals surface area contributed by atoms with Gasteiger partial charge in [0.15, 0.2) is 0 Å². The molecule has 0 aromatic rings. The van der Waals surface area contributed by atoms with Crippen molar-refractivity contribution in [1.29, 1.82) is 0 Å². The zero-order valence-corrected chi connectivity index (χ0v) is 7.13. The van der Waals surface area contributed by atoms with Crippen molar-refractivity contribution in [1.82, 2.24) is 15.3 Å². The number of nitrogens with zero attached hydrogens (tertiary/aromatic N) is 2. The van der Waals surface area contributed by atoms with Crippen molar-refractivity contribution in [2.24, 2.45) is 0 Å². The van der Waals surface area contributed by atoms with E-state index in [9.17, 15) is 4.79 Å². The van der Waals surface area contributed by atoms with Crippen LogP contribution in [0.3, 0.4) is 0 Å². The zero-order chi connectivity index (χ0) is 8.27. The molecular formula is C7H15N3O. The Morgan fingerprint density at radius 3 is 2.82 bits per heavy atom. The normalized spacial score (nSPS) is 19.3. The summed E-state index contributed by atoms with van der Waals surface area (Å²) in [6, 6.07) is 0.0984. The van der Waals surface area contributed by atoms with Gasteiger partial charge in [0, 0.05) is 26.7 Å². The molecule has 0 bridgehead atoms. The average Bonchev–Trinajstić information content (AvgIpc) is 2.05. The molecule has 0 radical (unpaired) electrons. The summed E-state index contributed by atoms with van der Waals surface area (Å²) in [6.45, 7) is 4.52. The standard InChI is InChI=1S/C7H15N3O/c1-3-9-5-4-6-10(8-2)7(9)11/h8H,3-6H2,1-2H3. The third-order valence-corrected chi connectivity index (χ3v) is 1.96.